The van der Waals surface area contributed by atoms with Crippen molar-refractivity contribution in [3.05, 3.63) is 139 Å². The molecule has 7 aromatic rings. The fraction of sp³-hybridized carbons (Fsp3) is 0.0811. The maximum absolute atomic E-state index is 6.44. The second kappa shape index (κ2) is 8.09. The molecule has 2 heteroatoms. The van der Waals surface area contributed by atoms with Crippen LogP contribution in [0, 0.1) is 0 Å². The highest BCUT2D eigenvalue weighted by Gasteiger charge is 2.35. The van der Waals surface area contributed by atoms with Gasteiger partial charge in [-0.1, -0.05) is 92.7 Å². The molecule has 1 heterocycles. The summed E-state index contributed by atoms with van der Waals surface area (Å²) in [6.07, 6.45) is 0. The number of rotatable bonds is 3. The van der Waals surface area contributed by atoms with Gasteiger partial charge in [-0.2, -0.15) is 0 Å². The Morgan fingerprint density at radius 3 is 2.13 bits per heavy atom. The highest BCUT2D eigenvalue weighted by Crippen LogP contribution is 2.50. The molecule has 8 rings (SSSR count). The molecule has 0 fully saturated rings. The Balaban J connectivity index is 1.34. The second-order valence-corrected chi connectivity index (χ2v) is 11.0. The van der Waals surface area contributed by atoms with Gasteiger partial charge >= 0.3 is 0 Å². The number of hydrogen-bond donors (Lipinski definition) is 0. The Morgan fingerprint density at radius 2 is 1.23 bits per heavy atom. The Hall–Kier alpha value is -4.82. The first kappa shape index (κ1) is 22.2. The Morgan fingerprint density at radius 1 is 0.513 bits per heavy atom. The van der Waals surface area contributed by atoms with E-state index in [9.17, 15) is 0 Å². The van der Waals surface area contributed by atoms with Crippen molar-refractivity contribution in [3.8, 4) is 11.1 Å². The predicted molar refractivity (Wildman–Crippen MR) is 163 cm³/mol. The van der Waals surface area contributed by atoms with Crippen LogP contribution in [0.3, 0.4) is 0 Å². The van der Waals surface area contributed by atoms with Crippen molar-refractivity contribution < 1.29 is 4.42 Å². The first-order valence-electron chi connectivity index (χ1n) is 13.5. The zero-order valence-corrected chi connectivity index (χ0v) is 22.0. The monoisotopic (exact) mass is 501 g/mol. The summed E-state index contributed by atoms with van der Waals surface area (Å²) in [5, 5.41) is 4.77. The zero-order chi connectivity index (χ0) is 26.1. The maximum atomic E-state index is 6.44. The van der Waals surface area contributed by atoms with Gasteiger partial charge in [0, 0.05) is 39.3 Å². The van der Waals surface area contributed by atoms with Crippen LogP contribution in [0.15, 0.2) is 132 Å². The first-order valence-corrected chi connectivity index (χ1v) is 13.5. The van der Waals surface area contributed by atoms with E-state index < -0.39 is 0 Å². The fourth-order valence-corrected chi connectivity index (χ4v) is 6.55. The van der Waals surface area contributed by atoms with E-state index in [1.165, 1.54) is 38.4 Å². The summed E-state index contributed by atoms with van der Waals surface area (Å²) in [6.45, 7) is 4.65. The summed E-state index contributed by atoms with van der Waals surface area (Å²) >= 11 is 0. The van der Waals surface area contributed by atoms with Gasteiger partial charge in [0.25, 0.3) is 0 Å². The summed E-state index contributed by atoms with van der Waals surface area (Å²) in [5.41, 5.74) is 10.5. The minimum Gasteiger partial charge on any atom is -0.456 e. The molecule has 0 saturated carbocycles. The number of hydrogen-bond acceptors (Lipinski definition) is 2. The first-order chi connectivity index (χ1) is 19.1. The molecule has 2 nitrogen and oxygen atoms in total. The van der Waals surface area contributed by atoms with E-state index in [0.717, 1.165) is 33.6 Å². The lowest BCUT2D eigenvalue weighted by Gasteiger charge is -2.27. The summed E-state index contributed by atoms with van der Waals surface area (Å²) in [5.74, 6) is 0. The van der Waals surface area contributed by atoms with Crippen LogP contribution in [0.5, 0.6) is 0 Å². The Labute approximate surface area is 227 Å². The van der Waals surface area contributed by atoms with Crippen LogP contribution in [-0.2, 0) is 5.41 Å². The van der Waals surface area contributed by atoms with Gasteiger partial charge in [-0.3, -0.25) is 0 Å². The highest BCUT2D eigenvalue weighted by molar-refractivity contribution is 6.19. The maximum Gasteiger partial charge on any atom is 0.137 e. The third kappa shape index (κ3) is 3.21. The van der Waals surface area contributed by atoms with Gasteiger partial charge in [0.2, 0.25) is 0 Å². The van der Waals surface area contributed by atoms with E-state index in [-0.39, 0.29) is 5.41 Å². The summed E-state index contributed by atoms with van der Waals surface area (Å²) < 4.78 is 6.44. The van der Waals surface area contributed by atoms with Crippen molar-refractivity contribution in [2.24, 2.45) is 0 Å². The van der Waals surface area contributed by atoms with Gasteiger partial charge in [-0.25, -0.2) is 0 Å². The Kier molecular flexibility index (Phi) is 4.60. The topological polar surface area (TPSA) is 16.4 Å². The van der Waals surface area contributed by atoms with E-state index in [1.807, 2.05) is 0 Å². The molecule has 1 aliphatic carbocycles. The molecular formula is C37H27NO. The molecule has 0 unspecified atom stereocenters. The number of fused-ring (bicyclic) bond motifs is 8. The third-order valence-corrected chi connectivity index (χ3v) is 8.44. The van der Waals surface area contributed by atoms with Crippen molar-refractivity contribution in [2.75, 3.05) is 4.90 Å². The van der Waals surface area contributed by atoms with Crippen LogP contribution in [-0.4, -0.2) is 0 Å². The molecule has 186 valence electrons. The van der Waals surface area contributed by atoms with Crippen LogP contribution in [0.1, 0.15) is 25.0 Å². The van der Waals surface area contributed by atoms with Gasteiger partial charge in [-0.05, 0) is 75.5 Å². The van der Waals surface area contributed by atoms with Gasteiger partial charge in [-0.15, -0.1) is 0 Å². The van der Waals surface area contributed by atoms with Crippen LogP contribution in [0.25, 0.3) is 43.8 Å². The van der Waals surface area contributed by atoms with Gasteiger partial charge in [0.1, 0.15) is 11.2 Å². The van der Waals surface area contributed by atoms with Crippen LogP contribution in [0.4, 0.5) is 17.1 Å². The molecule has 0 amide bonds. The number of anilines is 3. The molecule has 0 aliphatic heterocycles. The Bertz CT molecular complexity index is 2050. The third-order valence-electron chi connectivity index (χ3n) is 8.44. The average molecular weight is 502 g/mol. The predicted octanol–water partition coefficient (Wildman–Crippen LogP) is 10.5. The van der Waals surface area contributed by atoms with Gasteiger partial charge in [0.05, 0.1) is 0 Å². The van der Waals surface area contributed by atoms with Crippen molar-refractivity contribution in [1.29, 1.82) is 0 Å². The molecule has 0 saturated heterocycles. The number of nitrogens with zero attached hydrogens (tertiary/aromatic N) is 1. The zero-order valence-electron chi connectivity index (χ0n) is 22.0. The van der Waals surface area contributed by atoms with E-state index in [1.54, 1.807) is 0 Å². The molecule has 0 atom stereocenters. The summed E-state index contributed by atoms with van der Waals surface area (Å²) in [7, 11) is 0. The minimum atomic E-state index is -0.0159. The van der Waals surface area contributed by atoms with Gasteiger partial charge in [0.15, 0.2) is 0 Å². The normalized spacial score (nSPS) is 13.6. The van der Waals surface area contributed by atoms with E-state index in [4.69, 9.17) is 4.42 Å². The van der Waals surface area contributed by atoms with Crippen molar-refractivity contribution >= 4 is 49.8 Å². The molecule has 1 aliphatic rings. The quantitative estimate of drug-likeness (QED) is 0.239. The lowest BCUT2D eigenvalue weighted by molar-refractivity contribution is 0.660. The average Bonchev–Trinajstić information content (AvgIpc) is 3.46. The van der Waals surface area contributed by atoms with Crippen LogP contribution in [0.2, 0.25) is 0 Å². The molecule has 0 bridgehead atoms. The lowest BCUT2D eigenvalue weighted by Crippen LogP contribution is -2.15. The molecule has 39 heavy (non-hydrogen) atoms. The molecule has 0 spiro atoms. The molecule has 1 aromatic heterocycles. The molecular weight excluding hydrogens is 474 g/mol. The minimum absolute atomic E-state index is 0.0159. The molecule has 0 N–H and O–H groups in total. The van der Waals surface area contributed by atoms with Crippen LogP contribution >= 0.6 is 0 Å². The summed E-state index contributed by atoms with van der Waals surface area (Å²) in [4.78, 5) is 2.33. The standard InChI is InChI=1S/C37H27NO/c1-37(2)32-15-9-8-14-29(32)31-22-26(18-20-33(31)37)38(25-11-4-3-5-12-25)27-17-19-30-35(23-27)39-34-21-16-24-10-6-7-13-28(24)36(30)34/h3-23H,1-2H3. The number of furan rings is 1. The number of benzene rings is 6. The smallest absolute Gasteiger partial charge is 0.137 e. The van der Waals surface area contributed by atoms with Crippen molar-refractivity contribution in [3.63, 3.8) is 0 Å². The molecule has 6 aromatic carbocycles. The van der Waals surface area contributed by atoms with E-state index >= 15 is 0 Å². The van der Waals surface area contributed by atoms with Crippen LogP contribution < -0.4 is 4.90 Å². The van der Waals surface area contributed by atoms with E-state index in [2.05, 4.69) is 146 Å². The highest BCUT2D eigenvalue weighted by atomic mass is 16.3. The largest absolute Gasteiger partial charge is 0.456 e. The fourth-order valence-electron chi connectivity index (χ4n) is 6.55. The number of para-hydroxylation sites is 1. The SMILES string of the molecule is CC1(C)c2ccccc2-c2cc(N(c3ccccc3)c3ccc4c(c3)oc3ccc5ccccc5c34)ccc21. The summed E-state index contributed by atoms with van der Waals surface area (Å²) in [6, 6.07) is 45.7. The second-order valence-electron chi connectivity index (χ2n) is 11.0. The van der Waals surface area contributed by atoms with Gasteiger partial charge < -0.3 is 9.32 Å². The molecule has 0 radical (unpaired) electrons. The van der Waals surface area contributed by atoms with Crippen molar-refractivity contribution in [2.45, 2.75) is 19.3 Å². The lowest BCUT2D eigenvalue weighted by atomic mass is 9.82. The van der Waals surface area contributed by atoms with Crippen molar-refractivity contribution in [1.82, 2.24) is 0 Å². The van der Waals surface area contributed by atoms with E-state index in [0.29, 0.717) is 0 Å².